The number of phenolic OH excluding ortho intramolecular Hbond substituents is 1. The maximum atomic E-state index is 9.46. The Labute approximate surface area is 76.4 Å². The number of benzene rings is 1. The first-order chi connectivity index (χ1) is 5.57. The highest BCUT2D eigenvalue weighted by molar-refractivity contribution is 6.32. The molecule has 1 aromatic rings. The maximum absolute atomic E-state index is 9.46. The van der Waals surface area contributed by atoms with Gasteiger partial charge < -0.3 is 10.2 Å². The van der Waals surface area contributed by atoms with E-state index in [9.17, 15) is 5.11 Å². The predicted octanol–water partition coefficient (Wildman–Crippen LogP) is 2.15. The molecule has 12 heavy (non-hydrogen) atoms. The Morgan fingerprint density at radius 3 is 2.50 bits per heavy atom. The van der Waals surface area contributed by atoms with Gasteiger partial charge >= 0.3 is 0 Å². The van der Waals surface area contributed by atoms with Crippen LogP contribution in [0.4, 0.5) is 0 Å². The van der Waals surface area contributed by atoms with Gasteiger partial charge in [-0.1, -0.05) is 17.7 Å². The summed E-state index contributed by atoms with van der Waals surface area (Å²) in [6.45, 7) is 3.45. The first-order valence-corrected chi connectivity index (χ1v) is 4.04. The smallest absolute Gasteiger partial charge is 0.137 e. The number of phenols is 1. The number of aromatic hydroxyl groups is 1. The van der Waals surface area contributed by atoms with Gasteiger partial charge in [-0.15, -0.1) is 0 Å². The summed E-state index contributed by atoms with van der Waals surface area (Å²) < 4.78 is 0. The molecule has 1 aromatic carbocycles. The molecule has 0 aliphatic carbocycles. The molecule has 66 valence electrons. The number of rotatable bonds is 1. The fourth-order valence-electron chi connectivity index (χ4n) is 1.10. The van der Waals surface area contributed by atoms with Crippen LogP contribution >= 0.6 is 11.6 Å². The van der Waals surface area contributed by atoms with Crippen LogP contribution in [0.5, 0.6) is 5.75 Å². The number of hydrogen-bond acceptors (Lipinski definition) is 2. The molecule has 0 radical (unpaired) electrons. The van der Waals surface area contributed by atoms with Crippen LogP contribution in [0, 0.1) is 13.8 Å². The molecule has 0 amide bonds. The van der Waals surface area contributed by atoms with E-state index in [1.807, 2.05) is 0 Å². The van der Waals surface area contributed by atoms with Crippen molar-refractivity contribution in [2.75, 3.05) is 0 Å². The molecule has 0 saturated carbocycles. The fraction of sp³-hybridized carbons (Fsp3) is 0.333. The Kier molecular flexibility index (Phi) is 2.60. The Hall–Kier alpha value is -0.730. The molecule has 0 aliphatic heterocycles. The lowest BCUT2D eigenvalue weighted by Gasteiger charge is -2.08. The number of halogens is 1. The van der Waals surface area contributed by atoms with Crippen LogP contribution in [0.3, 0.4) is 0 Å². The summed E-state index contributed by atoms with van der Waals surface area (Å²) >= 11 is 5.78. The minimum absolute atomic E-state index is 0.0701. The largest absolute Gasteiger partial charge is 0.506 e. The van der Waals surface area contributed by atoms with Gasteiger partial charge in [0.15, 0.2) is 0 Å². The van der Waals surface area contributed by atoms with E-state index < -0.39 is 0 Å². The molecular weight excluding hydrogens is 176 g/mol. The summed E-state index contributed by atoms with van der Waals surface area (Å²) in [7, 11) is 0. The van der Waals surface area contributed by atoms with E-state index in [4.69, 9.17) is 16.7 Å². The summed E-state index contributed by atoms with van der Waals surface area (Å²) in [5.41, 5.74) is 2.14. The van der Waals surface area contributed by atoms with Crippen molar-refractivity contribution < 1.29 is 10.2 Å². The van der Waals surface area contributed by atoms with E-state index in [1.54, 1.807) is 19.9 Å². The van der Waals surface area contributed by atoms with Crippen molar-refractivity contribution in [3.05, 3.63) is 27.8 Å². The first kappa shape index (κ1) is 9.36. The van der Waals surface area contributed by atoms with Crippen molar-refractivity contribution in [1.29, 1.82) is 0 Å². The van der Waals surface area contributed by atoms with Gasteiger partial charge in [0.05, 0.1) is 11.6 Å². The van der Waals surface area contributed by atoms with Crippen LogP contribution in [-0.4, -0.2) is 10.2 Å². The topological polar surface area (TPSA) is 40.5 Å². The zero-order valence-electron chi connectivity index (χ0n) is 7.06. The Morgan fingerprint density at radius 2 is 2.00 bits per heavy atom. The number of aryl methyl sites for hydroxylation is 1. The lowest BCUT2D eigenvalue weighted by atomic mass is 10.1. The SMILES string of the molecule is Cc1cc(CO)c(C)c(O)c1Cl. The average Bonchev–Trinajstić information content (AvgIpc) is 2.08. The zero-order chi connectivity index (χ0) is 9.30. The number of aliphatic hydroxyl groups excluding tert-OH is 1. The normalized spacial score (nSPS) is 10.3. The summed E-state index contributed by atoms with van der Waals surface area (Å²) in [5, 5.41) is 18.7. The molecular formula is C9H11ClO2. The Morgan fingerprint density at radius 1 is 1.42 bits per heavy atom. The monoisotopic (exact) mass is 186 g/mol. The van der Waals surface area contributed by atoms with Crippen molar-refractivity contribution in [1.82, 2.24) is 0 Å². The van der Waals surface area contributed by atoms with Crippen LogP contribution in [0.25, 0.3) is 0 Å². The van der Waals surface area contributed by atoms with Crippen LogP contribution < -0.4 is 0 Å². The molecule has 0 unspecified atom stereocenters. The Balaban J connectivity index is 3.39. The fourth-order valence-corrected chi connectivity index (χ4v) is 1.30. The van der Waals surface area contributed by atoms with Crippen molar-refractivity contribution in [2.24, 2.45) is 0 Å². The Bertz CT molecular complexity index is 308. The van der Waals surface area contributed by atoms with Gasteiger partial charge in [-0.05, 0) is 30.5 Å². The highest BCUT2D eigenvalue weighted by Gasteiger charge is 2.09. The third-order valence-corrected chi connectivity index (χ3v) is 2.43. The van der Waals surface area contributed by atoms with Gasteiger partial charge in [-0.2, -0.15) is 0 Å². The predicted molar refractivity (Wildman–Crippen MR) is 48.5 cm³/mol. The van der Waals surface area contributed by atoms with Gasteiger partial charge in [0.1, 0.15) is 5.75 Å². The van der Waals surface area contributed by atoms with Gasteiger partial charge in [0, 0.05) is 0 Å². The third kappa shape index (κ3) is 1.40. The van der Waals surface area contributed by atoms with Crippen LogP contribution in [-0.2, 0) is 6.61 Å². The molecule has 2 nitrogen and oxygen atoms in total. The second kappa shape index (κ2) is 3.33. The second-order valence-corrected chi connectivity index (χ2v) is 3.18. The summed E-state index contributed by atoms with van der Waals surface area (Å²) in [5.74, 6) is 0.0701. The van der Waals surface area contributed by atoms with Crippen molar-refractivity contribution in [3.63, 3.8) is 0 Å². The van der Waals surface area contributed by atoms with Crippen molar-refractivity contribution in [3.8, 4) is 5.75 Å². The molecule has 2 N–H and O–H groups in total. The van der Waals surface area contributed by atoms with E-state index in [-0.39, 0.29) is 12.4 Å². The van der Waals surface area contributed by atoms with Crippen LogP contribution in [0.1, 0.15) is 16.7 Å². The standard InChI is InChI=1S/C9H11ClO2/c1-5-3-7(4-11)6(2)9(12)8(5)10/h3,11-12H,4H2,1-2H3. The minimum atomic E-state index is -0.0720. The molecule has 3 heteroatoms. The maximum Gasteiger partial charge on any atom is 0.137 e. The number of aliphatic hydroxyl groups is 1. The van der Waals surface area contributed by atoms with E-state index >= 15 is 0 Å². The summed E-state index contributed by atoms with van der Waals surface area (Å²) in [4.78, 5) is 0. The average molecular weight is 187 g/mol. The summed E-state index contributed by atoms with van der Waals surface area (Å²) in [6.07, 6.45) is 0. The minimum Gasteiger partial charge on any atom is -0.506 e. The lowest BCUT2D eigenvalue weighted by molar-refractivity contribution is 0.280. The third-order valence-electron chi connectivity index (χ3n) is 1.95. The number of hydrogen-bond donors (Lipinski definition) is 2. The molecule has 0 fully saturated rings. The molecule has 0 aromatic heterocycles. The highest BCUT2D eigenvalue weighted by Crippen LogP contribution is 2.32. The van der Waals surface area contributed by atoms with Crippen molar-refractivity contribution in [2.45, 2.75) is 20.5 Å². The second-order valence-electron chi connectivity index (χ2n) is 2.80. The summed E-state index contributed by atoms with van der Waals surface area (Å²) in [6, 6.07) is 1.78. The molecule has 0 aliphatic rings. The van der Waals surface area contributed by atoms with E-state index in [1.165, 1.54) is 0 Å². The molecule has 0 bridgehead atoms. The van der Waals surface area contributed by atoms with Gasteiger partial charge in [0.2, 0.25) is 0 Å². The van der Waals surface area contributed by atoms with Crippen molar-refractivity contribution >= 4 is 11.6 Å². The van der Waals surface area contributed by atoms with Crippen LogP contribution in [0.15, 0.2) is 6.07 Å². The van der Waals surface area contributed by atoms with E-state index in [0.29, 0.717) is 10.6 Å². The van der Waals surface area contributed by atoms with E-state index in [2.05, 4.69) is 0 Å². The first-order valence-electron chi connectivity index (χ1n) is 3.66. The highest BCUT2D eigenvalue weighted by atomic mass is 35.5. The molecule has 0 heterocycles. The van der Waals surface area contributed by atoms with E-state index in [0.717, 1.165) is 11.1 Å². The molecule has 1 rings (SSSR count). The molecule has 0 spiro atoms. The van der Waals surface area contributed by atoms with Gasteiger partial charge in [0.25, 0.3) is 0 Å². The quantitative estimate of drug-likeness (QED) is 0.706. The zero-order valence-corrected chi connectivity index (χ0v) is 7.81. The van der Waals surface area contributed by atoms with Crippen LogP contribution in [0.2, 0.25) is 5.02 Å². The van der Waals surface area contributed by atoms with Gasteiger partial charge in [-0.3, -0.25) is 0 Å². The lowest BCUT2D eigenvalue weighted by Crippen LogP contribution is -1.91. The van der Waals surface area contributed by atoms with Gasteiger partial charge in [-0.25, -0.2) is 0 Å². The molecule has 0 saturated heterocycles. The molecule has 0 atom stereocenters.